The average molecular weight is 652 g/mol. The number of amides is 3. The topological polar surface area (TPSA) is 112 Å². The van der Waals surface area contributed by atoms with Gasteiger partial charge in [-0.3, -0.25) is 19.1 Å². The first-order valence-corrected chi connectivity index (χ1v) is 16.3. The van der Waals surface area contributed by atoms with Crippen molar-refractivity contribution in [1.82, 2.24) is 30.2 Å². The molecule has 1 aromatic heterocycles. The van der Waals surface area contributed by atoms with E-state index in [9.17, 15) is 18.8 Å². The Morgan fingerprint density at radius 1 is 0.872 bits per heavy atom. The van der Waals surface area contributed by atoms with Gasteiger partial charge in [0.25, 0.3) is 5.91 Å². The van der Waals surface area contributed by atoms with Crippen LogP contribution in [0.1, 0.15) is 80.5 Å². The molecule has 1 fully saturated rings. The van der Waals surface area contributed by atoms with E-state index < -0.39 is 41.5 Å². The Balaban J connectivity index is 1.55. The lowest BCUT2D eigenvalue weighted by atomic mass is 9.91. The molecule has 254 valence electrons. The van der Waals surface area contributed by atoms with Crippen LogP contribution in [-0.4, -0.2) is 89.2 Å². The van der Waals surface area contributed by atoms with Crippen LogP contribution in [-0.2, 0) is 9.59 Å². The molecule has 47 heavy (non-hydrogen) atoms. The molecule has 0 saturated carbocycles. The third-order valence-electron chi connectivity index (χ3n) is 8.83. The van der Waals surface area contributed by atoms with Gasteiger partial charge in [0.05, 0.1) is 11.7 Å². The van der Waals surface area contributed by atoms with Gasteiger partial charge in [-0.25, -0.2) is 8.78 Å². The fraction of sp³-hybridized carbons (Fsp3) is 0.486. The number of carbonyl (C=O) groups is 3. The molecule has 0 aliphatic carbocycles. The molecule has 4 atom stereocenters. The summed E-state index contributed by atoms with van der Waals surface area (Å²) in [7, 11) is 2.03. The molecule has 0 radical (unpaired) electrons. The van der Waals surface area contributed by atoms with Crippen LogP contribution in [0.5, 0.6) is 0 Å². The first kappa shape index (κ1) is 35.7. The molecular weight excluding hydrogens is 604 g/mol. The summed E-state index contributed by atoms with van der Waals surface area (Å²) in [6.07, 6.45) is 2.35. The number of hydrogen-bond donors (Lipinski definition) is 3. The predicted octanol–water partition coefficient (Wildman–Crippen LogP) is 4.53. The summed E-state index contributed by atoms with van der Waals surface area (Å²) in [5.74, 6) is -3.21. The SMILES string of the molecule is CCCN[C@@H](C(=O)N1CCN(C)CC1)[C@@H](C)c1ccc(NC(=O)[C@@H](NC(=O)c2ccnn2C(C)C)[C@@H](C)c2ccc(F)cc2)c(F)c1. The Kier molecular flexibility index (Phi) is 12.2. The number of piperazine rings is 1. The smallest absolute Gasteiger partial charge is 0.270 e. The van der Waals surface area contributed by atoms with Crippen molar-refractivity contribution >= 4 is 23.4 Å². The molecule has 4 rings (SSSR count). The van der Waals surface area contributed by atoms with Crippen LogP contribution in [0, 0.1) is 11.6 Å². The molecule has 3 amide bonds. The van der Waals surface area contributed by atoms with Crippen LogP contribution in [0.15, 0.2) is 54.7 Å². The number of carbonyl (C=O) groups excluding carboxylic acids is 3. The van der Waals surface area contributed by atoms with Crippen molar-refractivity contribution in [3.8, 4) is 0 Å². The second kappa shape index (κ2) is 16.1. The van der Waals surface area contributed by atoms with Gasteiger partial charge < -0.3 is 25.8 Å². The fourth-order valence-corrected chi connectivity index (χ4v) is 5.82. The molecule has 10 nitrogen and oxygen atoms in total. The third-order valence-corrected chi connectivity index (χ3v) is 8.83. The number of benzene rings is 2. The minimum atomic E-state index is -1.13. The summed E-state index contributed by atoms with van der Waals surface area (Å²) in [5, 5.41) is 13.0. The van der Waals surface area contributed by atoms with Crippen LogP contribution >= 0.6 is 0 Å². The van der Waals surface area contributed by atoms with E-state index in [1.165, 1.54) is 30.5 Å². The van der Waals surface area contributed by atoms with E-state index in [4.69, 9.17) is 0 Å². The van der Waals surface area contributed by atoms with Crippen molar-refractivity contribution in [2.24, 2.45) is 0 Å². The number of hydrogen-bond acceptors (Lipinski definition) is 6. The van der Waals surface area contributed by atoms with E-state index in [0.717, 1.165) is 19.5 Å². The van der Waals surface area contributed by atoms with Gasteiger partial charge in [-0.2, -0.15) is 5.10 Å². The number of nitrogens with one attached hydrogen (secondary N) is 3. The molecular formula is C35H47F2N7O3. The van der Waals surface area contributed by atoms with Gasteiger partial charge in [-0.15, -0.1) is 0 Å². The summed E-state index contributed by atoms with van der Waals surface area (Å²) in [6, 6.07) is 9.99. The monoisotopic (exact) mass is 651 g/mol. The quantitative estimate of drug-likeness (QED) is 0.251. The Bertz CT molecular complexity index is 1520. The molecule has 3 N–H and O–H groups in total. The lowest BCUT2D eigenvalue weighted by molar-refractivity contribution is -0.135. The molecule has 2 aromatic carbocycles. The van der Waals surface area contributed by atoms with Crippen molar-refractivity contribution in [1.29, 1.82) is 0 Å². The zero-order valence-electron chi connectivity index (χ0n) is 28.1. The van der Waals surface area contributed by atoms with E-state index in [-0.39, 0.29) is 29.2 Å². The predicted molar refractivity (Wildman–Crippen MR) is 178 cm³/mol. The standard InChI is InChI=1S/C35H47F2N7O3/c1-7-15-38-32(35(47)43-19-17-42(6)18-20-43)24(5)26-10-13-29(28(37)21-26)40-34(46)31(23(4)25-8-11-27(36)12-9-25)41-33(45)30-14-16-39-44(30)22(2)3/h8-14,16,21-24,31-32,38H,7,15,17-20H2,1-6H3,(H,40,46)(H,41,45)/t23-,24-,31-,32+/m0/s1. The number of nitrogens with zero attached hydrogens (tertiary/aromatic N) is 4. The van der Waals surface area contributed by atoms with Crippen molar-refractivity contribution in [3.05, 3.63) is 83.2 Å². The van der Waals surface area contributed by atoms with Gasteiger partial charge in [0.1, 0.15) is 23.4 Å². The first-order chi connectivity index (χ1) is 22.4. The summed E-state index contributed by atoms with van der Waals surface area (Å²) < 4.78 is 30.9. The minimum Gasteiger partial charge on any atom is -0.339 e. The van der Waals surface area contributed by atoms with Crippen LogP contribution in [0.4, 0.5) is 14.5 Å². The van der Waals surface area contributed by atoms with Gasteiger partial charge in [-0.1, -0.05) is 39.0 Å². The summed E-state index contributed by atoms with van der Waals surface area (Å²) in [4.78, 5) is 44.7. The van der Waals surface area contributed by atoms with Crippen molar-refractivity contribution in [2.75, 3.05) is 45.1 Å². The Morgan fingerprint density at radius 3 is 2.13 bits per heavy atom. The van der Waals surface area contributed by atoms with Gasteiger partial charge in [0.2, 0.25) is 11.8 Å². The van der Waals surface area contributed by atoms with Crippen LogP contribution in [0.25, 0.3) is 0 Å². The maximum absolute atomic E-state index is 15.7. The summed E-state index contributed by atoms with van der Waals surface area (Å²) in [5.41, 5.74) is 1.44. The van der Waals surface area contributed by atoms with Crippen molar-refractivity contribution in [2.45, 2.75) is 71.0 Å². The zero-order chi connectivity index (χ0) is 34.2. The number of aromatic nitrogens is 2. The fourth-order valence-electron chi connectivity index (χ4n) is 5.82. The number of rotatable bonds is 13. The second-order valence-corrected chi connectivity index (χ2v) is 12.6. The lowest BCUT2D eigenvalue weighted by Crippen LogP contribution is -2.54. The van der Waals surface area contributed by atoms with E-state index >= 15 is 4.39 Å². The number of halogens is 2. The third kappa shape index (κ3) is 8.81. The Hall–Kier alpha value is -4.16. The van der Waals surface area contributed by atoms with E-state index in [1.54, 1.807) is 35.9 Å². The molecule has 1 aliphatic rings. The molecule has 12 heteroatoms. The highest BCUT2D eigenvalue weighted by Crippen LogP contribution is 2.27. The van der Waals surface area contributed by atoms with E-state index in [0.29, 0.717) is 30.8 Å². The molecule has 1 saturated heterocycles. The van der Waals surface area contributed by atoms with Crippen LogP contribution < -0.4 is 16.0 Å². The zero-order valence-corrected chi connectivity index (χ0v) is 28.1. The lowest BCUT2D eigenvalue weighted by Gasteiger charge is -2.36. The highest BCUT2D eigenvalue weighted by atomic mass is 19.1. The highest BCUT2D eigenvalue weighted by molar-refractivity contribution is 6.01. The summed E-state index contributed by atoms with van der Waals surface area (Å²) in [6.45, 7) is 12.9. The minimum absolute atomic E-state index is 0.0102. The Labute approximate surface area is 275 Å². The van der Waals surface area contributed by atoms with Gasteiger partial charge in [0.15, 0.2) is 0 Å². The molecule has 0 spiro atoms. The van der Waals surface area contributed by atoms with Gasteiger partial charge in [-0.05, 0) is 75.3 Å². The first-order valence-electron chi connectivity index (χ1n) is 16.3. The van der Waals surface area contributed by atoms with Gasteiger partial charge in [0, 0.05) is 50.3 Å². The molecule has 1 aliphatic heterocycles. The largest absolute Gasteiger partial charge is 0.339 e. The molecule has 2 heterocycles. The molecule has 3 aromatic rings. The normalized spacial score (nSPS) is 16.4. The van der Waals surface area contributed by atoms with Crippen molar-refractivity contribution in [3.63, 3.8) is 0 Å². The molecule has 0 unspecified atom stereocenters. The van der Waals surface area contributed by atoms with E-state index in [1.807, 2.05) is 39.6 Å². The van der Waals surface area contributed by atoms with Gasteiger partial charge >= 0.3 is 0 Å². The number of anilines is 1. The van der Waals surface area contributed by atoms with Crippen LogP contribution in [0.2, 0.25) is 0 Å². The second-order valence-electron chi connectivity index (χ2n) is 12.6. The maximum atomic E-state index is 15.7. The van der Waals surface area contributed by atoms with E-state index in [2.05, 4.69) is 25.9 Å². The molecule has 0 bridgehead atoms. The average Bonchev–Trinajstić information content (AvgIpc) is 3.56. The highest BCUT2D eigenvalue weighted by Gasteiger charge is 2.33. The number of likely N-dealkylation sites (N-methyl/N-ethyl adjacent to an activating group) is 1. The maximum Gasteiger partial charge on any atom is 0.270 e. The van der Waals surface area contributed by atoms with Crippen molar-refractivity contribution < 1.29 is 23.2 Å². The summed E-state index contributed by atoms with van der Waals surface area (Å²) >= 11 is 0. The van der Waals surface area contributed by atoms with Crippen LogP contribution in [0.3, 0.4) is 0 Å². The Morgan fingerprint density at radius 2 is 1.51 bits per heavy atom.